The predicted octanol–water partition coefficient (Wildman–Crippen LogP) is 3.44. The molecule has 18 heavy (non-hydrogen) atoms. The molecule has 98 valence electrons. The Kier molecular flexibility index (Phi) is 5.98. The van der Waals surface area contributed by atoms with E-state index < -0.39 is 0 Å². The van der Waals surface area contributed by atoms with Crippen molar-refractivity contribution in [3.05, 3.63) is 35.9 Å². The fourth-order valence-electron chi connectivity index (χ4n) is 1.58. The van der Waals surface area contributed by atoms with Crippen LogP contribution in [0.4, 0.5) is 0 Å². The fraction of sp³-hybridized carbons (Fsp3) is 0.400. The molecule has 3 heteroatoms. The lowest BCUT2D eigenvalue weighted by molar-refractivity contribution is -0.134. The van der Waals surface area contributed by atoms with Crippen molar-refractivity contribution in [3.63, 3.8) is 0 Å². The van der Waals surface area contributed by atoms with Crippen LogP contribution in [0.25, 0.3) is 5.57 Å². The lowest BCUT2D eigenvalue weighted by atomic mass is 10.0. The number of methoxy groups -OCH3 is 1. The van der Waals surface area contributed by atoms with E-state index in [1.165, 1.54) is 13.2 Å². The number of allylic oxidation sites excluding steroid dienone is 1. The molecular weight excluding hydrogens is 228 g/mol. The molecule has 0 radical (unpaired) electrons. The lowest BCUT2D eigenvalue weighted by Crippen LogP contribution is -1.97. The molecule has 0 saturated heterocycles. The Labute approximate surface area is 108 Å². The largest absolute Gasteiger partial charge is 0.494 e. The molecular formula is C15H20O3. The molecule has 0 spiro atoms. The Morgan fingerprint density at radius 2 is 1.89 bits per heavy atom. The molecule has 1 aromatic rings. The third kappa shape index (κ3) is 4.24. The third-order valence-electron chi connectivity index (χ3n) is 2.57. The minimum absolute atomic E-state index is 0.321. The number of carbonyl (C=O) groups is 1. The molecule has 3 nitrogen and oxygen atoms in total. The number of esters is 1. The zero-order valence-electron chi connectivity index (χ0n) is 11.2. The highest BCUT2D eigenvalue weighted by Crippen LogP contribution is 2.21. The molecule has 0 fully saturated rings. The quantitative estimate of drug-likeness (QED) is 0.571. The van der Waals surface area contributed by atoms with Crippen molar-refractivity contribution in [2.45, 2.75) is 26.7 Å². The molecule has 1 aromatic carbocycles. The first-order chi connectivity index (χ1) is 8.71. The monoisotopic (exact) mass is 248 g/mol. The summed E-state index contributed by atoms with van der Waals surface area (Å²) in [6.07, 6.45) is 3.30. The van der Waals surface area contributed by atoms with E-state index in [0.29, 0.717) is 0 Å². The first-order valence-corrected chi connectivity index (χ1v) is 6.23. The molecule has 0 saturated carbocycles. The Hall–Kier alpha value is -1.77. The Balaban J connectivity index is 2.82. The normalized spacial score (nSPS) is 11.2. The maximum atomic E-state index is 11.2. The van der Waals surface area contributed by atoms with Crippen LogP contribution < -0.4 is 4.74 Å². The van der Waals surface area contributed by atoms with Crippen molar-refractivity contribution in [2.75, 3.05) is 13.7 Å². The van der Waals surface area contributed by atoms with E-state index in [4.69, 9.17) is 4.74 Å². The van der Waals surface area contributed by atoms with Crippen molar-refractivity contribution >= 4 is 11.5 Å². The molecule has 0 aromatic heterocycles. The summed E-state index contributed by atoms with van der Waals surface area (Å²) in [7, 11) is 1.38. The predicted molar refractivity (Wildman–Crippen MR) is 72.5 cm³/mol. The summed E-state index contributed by atoms with van der Waals surface area (Å²) >= 11 is 0. The molecule has 0 aliphatic heterocycles. The Bertz CT molecular complexity index is 404. The molecule has 0 heterocycles. The molecule has 0 aliphatic carbocycles. The van der Waals surface area contributed by atoms with Crippen molar-refractivity contribution in [1.82, 2.24) is 0 Å². The lowest BCUT2D eigenvalue weighted by Gasteiger charge is -2.07. The standard InChI is InChI=1S/C15H20O3/c1-4-10-18-14-8-6-13(7-9-14)12(5-2)11-15(16)17-3/h6-9,11H,4-5,10H2,1-3H3. The second kappa shape index (κ2) is 7.54. The second-order valence-corrected chi connectivity index (χ2v) is 3.92. The summed E-state index contributed by atoms with van der Waals surface area (Å²) in [4.78, 5) is 11.2. The van der Waals surface area contributed by atoms with Crippen LogP contribution in [0.15, 0.2) is 30.3 Å². The van der Waals surface area contributed by atoms with Crippen LogP contribution in [0.5, 0.6) is 5.75 Å². The van der Waals surface area contributed by atoms with Crippen molar-refractivity contribution in [3.8, 4) is 5.75 Å². The second-order valence-electron chi connectivity index (χ2n) is 3.92. The Morgan fingerprint density at radius 1 is 1.22 bits per heavy atom. The number of carbonyl (C=O) groups excluding carboxylic acids is 1. The number of hydrogen-bond donors (Lipinski definition) is 0. The van der Waals surface area contributed by atoms with Gasteiger partial charge in [-0.05, 0) is 36.1 Å². The zero-order valence-corrected chi connectivity index (χ0v) is 11.2. The summed E-state index contributed by atoms with van der Waals surface area (Å²) < 4.78 is 10.2. The minimum Gasteiger partial charge on any atom is -0.494 e. The van der Waals surface area contributed by atoms with Crippen molar-refractivity contribution in [1.29, 1.82) is 0 Å². The average Bonchev–Trinajstić information content (AvgIpc) is 2.42. The third-order valence-corrected chi connectivity index (χ3v) is 2.57. The number of rotatable bonds is 6. The minimum atomic E-state index is -0.321. The van der Waals surface area contributed by atoms with Crippen molar-refractivity contribution in [2.24, 2.45) is 0 Å². The topological polar surface area (TPSA) is 35.5 Å². The van der Waals surface area contributed by atoms with E-state index in [2.05, 4.69) is 11.7 Å². The van der Waals surface area contributed by atoms with Gasteiger partial charge in [-0.25, -0.2) is 4.79 Å². The first kappa shape index (κ1) is 14.3. The summed E-state index contributed by atoms with van der Waals surface area (Å²) in [5.41, 5.74) is 1.98. The van der Waals surface area contributed by atoms with E-state index in [9.17, 15) is 4.79 Å². The van der Waals surface area contributed by atoms with Crippen LogP contribution in [0, 0.1) is 0 Å². The average molecular weight is 248 g/mol. The van der Waals surface area contributed by atoms with Gasteiger partial charge < -0.3 is 9.47 Å². The van der Waals surface area contributed by atoms with Crippen LogP contribution in [0.3, 0.4) is 0 Å². The van der Waals surface area contributed by atoms with Gasteiger partial charge in [0.05, 0.1) is 13.7 Å². The van der Waals surface area contributed by atoms with Crippen LogP contribution in [-0.2, 0) is 9.53 Å². The molecule has 0 aliphatic rings. The summed E-state index contributed by atoms with van der Waals surface area (Å²) in [5, 5.41) is 0. The highest BCUT2D eigenvalue weighted by atomic mass is 16.5. The van der Waals surface area contributed by atoms with Gasteiger partial charge in [-0.1, -0.05) is 26.0 Å². The number of hydrogen-bond acceptors (Lipinski definition) is 3. The van der Waals surface area contributed by atoms with Gasteiger partial charge in [-0.3, -0.25) is 0 Å². The number of benzene rings is 1. The summed E-state index contributed by atoms with van der Waals surface area (Å²) in [5.74, 6) is 0.535. The van der Waals surface area contributed by atoms with Crippen molar-refractivity contribution < 1.29 is 14.3 Å². The highest BCUT2D eigenvalue weighted by molar-refractivity contribution is 5.91. The molecule has 0 N–H and O–H groups in total. The van der Waals surface area contributed by atoms with Crippen LogP contribution in [0.1, 0.15) is 32.3 Å². The molecule has 0 unspecified atom stereocenters. The van der Waals surface area contributed by atoms with E-state index in [0.717, 1.165) is 36.3 Å². The molecule has 0 bridgehead atoms. The number of ether oxygens (including phenoxy) is 2. The summed E-state index contributed by atoms with van der Waals surface area (Å²) in [6.45, 7) is 4.80. The van der Waals surface area contributed by atoms with Gasteiger partial charge in [0.15, 0.2) is 0 Å². The smallest absolute Gasteiger partial charge is 0.330 e. The van der Waals surface area contributed by atoms with Gasteiger partial charge in [-0.2, -0.15) is 0 Å². The van der Waals surface area contributed by atoms with E-state index in [-0.39, 0.29) is 5.97 Å². The van der Waals surface area contributed by atoms with Gasteiger partial charge in [0.2, 0.25) is 0 Å². The van der Waals surface area contributed by atoms with Crippen LogP contribution in [-0.4, -0.2) is 19.7 Å². The fourth-order valence-corrected chi connectivity index (χ4v) is 1.58. The van der Waals surface area contributed by atoms with Gasteiger partial charge in [0.1, 0.15) is 5.75 Å². The Morgan fingerprint density at radius 3 is 2.39 bits per heavy atom. The van der Waals surface area contributed by atoms with Crippen LogP contribution in [0.2, 0.25) is 0 Å². The SMILES string of the molecule is CCCOc1ccc(C(=CC(=O)OC)CC)cc1. The summed E-state index contributed by atoms with van der Waals surface area (Å²) in [6, 6.07) is 7.77. The molecule has 1 rings (SSSR count). The maximum Gasteiger partial charge on any atom is 0.330 e. The maximum absolute atomic E-state index is 11.2. The van der Waals surface area contributed by atoms with E-state index >= 15 is 0 Å². The first-order valence-electron chi connectivity index (χ1n) is 6.23. The van der Waals surface area contributed by atoms with E-state index in [1.807, 2.05) is 31.2 Å². The zero-order chi connectivity index (χ0) is 13.4. The molecule has 0 amide bonds. The van der Waals surface area contributed by atoms with Crippen LogP contribution >= 0.6 is 0 Å². The van der Waals surface area contributed by atoms with E-state index in [1.54, 1.807) is 0 Å². The van der Waals surface area contributed by atoms with Gasteiger partial charge in [0.25, 0.3) is 0 Å². The van der Waals surface area contributed by atoms with Gasteiger partial charge >= 0.3 is 5.97 Å². The highest BCUT2D eigenvalue weighted by Gasteiger charge is 2.03. The van der Waals surface area contributed by atoms with Gasteiger partial charge in [0, 0.05) is 6.08 Å². The van der Waals surface area contributed by atoms with Gasteiger partial charge in [-0.15, -0.1) is 0 Å². The molecule has 0 atom stereocenters.